The van der Waals surface area contributed by atoms with Crippen LogP contribution in [0.3, 0.4) is 0 Å². The van der Waals surface area contributed by atoms with Gasteiger partial charge in [0.25, 0.3) is 0 Å². The standard InChI is InChI=1S/C16H30N2O/c1-5-13-17-15(4,6-2)14(19)18(13)12-16(7-3)10-8-9-11-16/h13,17H,5-12H2,1-4H3. The summed E-state index contributed by atoms with van der Waals surface area (Å²) in [5.74, 6) is 0.321. The van der Waals surface area contributed by atoms with Crippen molar-refractivity contribution >= 4 is 5.91 Å². The SMILES string of the molecule is CCC1NC(C)(CC)C(=O)N1CC1(CC)CCCC1. The lowest BCUT2D eigenvalue weighted by molar-refractivity contribution is -0.134. The van der Waals surface area contributed by atoms with Crippen molar-refractivity contribution in [2.75, 3.05) is 6.54 Å². The summed E-state index contributed by atoms with van der Waals surface area (Å²) in [6, 6.07) is 0. The Morgan fingerprint density at radius 2 is 1.84 bits per heavy atom. The van der Waals surface area contributed by atoms with Crippen LogP contribution in [0.4, 0.5) is 0 Å². The lowest BCUT2D eigenvalue weighted by Gasteiger charge is -2.35. The van der Waals surface area contributed by atoms with Crippen molar-refractivity contribution in [1.82, 2.24) is 10.2 Å². The van der Waals surface area contributed by atoms with E-state index < -0.39 is 0 Å². The molecule has 1 N–H and O–H groups in total. The summed E-state index contributed by atoms with van der Waals surface area (Å²) in [5, 5.41) is 3.56. The van der Waals surface area contributed by atoms with Gasteiger partial charge in [-0.2, -0.15) is 0 Å². The van der Waals surface area contributed by atoms with Gasteiger partial charge in [-0.05, 0) is 44.4 Å². The van der Waals surface area contributed by atoms with Crippen molar-refractivity contribution in [3.05, 3.63) is 0 Å². The molecule has 1 saturated heterocycles. The fraction of sp³-hybridized carbons (Fsp3) is 0.938. The normalized spacial score (nSPS) is 34.2. The molecule has 2 unspecified atom stereocenters. The quantitative estimate of drug-likeness (QED) is 0.828. The van der Waals surface area contributed by atoms with E-state index in [4.69, 9.17) is 0 Å². The van der Waals surface area contributed by atoms with E-state index in [1.807, 2.05) is 0 Å². The summed E-state index contributed by atoms with van der Waals surface area (Å²) in [6.45, 7) is 9.59. The van der Waals surface area contributed by atoms with Crippen LogP contribution in [0.2, 0.25) is 0 Å². The molecule has 0 aromatic heterocycles. The topological polar surface area (TPSA) is 32.3 Å². The third-order valence-electron chi connectivity index (χ3n) is 5.61. The van der Waals surface area contributed by atoms with Crippen LogP contribution in [-0.2, 0) is 4.79 Å². The minimum Gasteiger partial charge on any atom is -0.325 e. The van der Waals surface area contributed by atoms with E-state index in [-0.39, 0.29) is 11.7 Å². The molecule has 110 valence electrons. The summed E-state index contributed by atoms with van der Waals surface area (Å²) in [4.78, 5) is 14.9. The van der Waals surface area contributed by atoms with Crippen LogP contribution in [0.1, 0.15) is 72.6 Å². The molecule has 2 fully saturated rings. The second-order valence-corrected chi connectivity index (χ2v) is 6.75. The Morgan fingerprint density at radius 1 is 1.21 bits per heavy atom. The molecule has 0 aromatic carbocycles. The molecule has 0 aromatic rings. The number of amides is 1. The van der Waals surface area contributed by atoms with Crippen LogP contribution in [0.25, 0.3) is 0 Å². The molecular formula is C16H30N2O. The van der Waals surface area contributed by atoms with Gasteiger partial charge >= 0.3 is 0 Å². The molecular weight excluding hydrogens is 236 g/mol. The van der Waals surface area contributed by atoms with E-state index in [0.29, 0.717) is 11.3 Å². The lowest BCUT2D eigenvalue weighted by Crippen LogP contribution is -2.44. The Hall–Kier alpha value is -0.570. The average molecular weight is 266 g/mol. The number of nitrogens with zero attached hydrogens (tertiary/aromatic N) is 1. The van der Waals surface area contributed by atoms with Crippen LogP contribution in [0, 0.1) is 5.41 Å². The van der Waals surface area contributed by atoms with E-state index in [2.05, 4.69) is 37.9 Å². The predicted molar refractivity (Wildman–Crippen MR) is 78.8 cm³/mol. The number of rotatable bonds is 5. The fourth-order valence-corrected chi connectivity index (χ4v) is 3.83. The van der Waals surface area contributed by atoms with Gasteiger partial charge in [0, 0.05) is 6.54 Å². The fourth-order valence-electron chi connectivity index (χ4n) is 3.83. The summed E-state index contributed by atoms with van der Waals surface area (Å²) in [7, 11) is 0. The Morgan fingerprint density at radius 3 is 2.32 bits per heavy atom. The molecule has 19 heavy (non-hydrogen) atoms. The van der Waals surface area contributed by atoms with Crippen LogP contribution in [0.5, 0.6) is 0 Å². The number of nitrogens with one attached hydrogen (secondary N) is 1. The van der Waals surface area contributed by atoms with E-state index in [0.717, 1.165) is 19.4 Å². The molecule has 1 saturated carbocycles. The third-order valence-corrected chi connectivity index (χ3v) is 5.61. The number of carbonyl (C=O) groups is 1. The van der Waals surface area contributed by atoms with Gasteiger partial charge in [-0.15, -0.1) is 0 Å². The maximum absolute atomic E-state index is 12.7. The third kappa shape index (κ3) is 2.54. The highest BCUT2D eigenvalue weighted by Gasteiger charge is 2.48. The molecule has 2 aliphatic rings. The zero-order valence-electron chi connectivity index (χ0n) is 13.1. The van der Waals surface area contributed by atoms with Crippen LogP contribution in [0.15, 0.2) is 0 Å². The van der Waals surface area contributed by atoms with Crippen LogP contribution < -0.4 is 5.32 Å². The second-order valence-electron chi connectivity index (χ2n) is 6.75. The first-order valence-corrected chi connectivity index (χ1v) is 8.09. The van der Waals surface area contributed by atoms with Gasteiger partial charge < -0.3 is 4.90 Å². The van der Waals surface area contributed by atoms with E-state index in [1.54, 1.807) is 0 Å². The molecule has 0 spiro atoms. The van der Waals surface area contributed by atoms with Crippen LogP contribution >= 0.6 is 0 Å². The molecule has 2 rings (SSSR count). The molecule has 1 aliphatic heterocycles. The molecule has 2 atom stereocenters. The van der Waals surface area contributed by atoms with Crippen molar-refractivity contribution in [2.24, 2.45) is 5.41 Å². The van der Waals surface area contributed by atoms with Gasteiger partial charge in [-0.25, -0.2) is 0 Å². The maximum atomic E-state index is 12.7. The Kier molecular flexibility index (Phi) is 4.24. The predicted octanol–water partition coefficient (Wildman–Crippen LogP) is 3.29. The summed E-state index contributed by atoms with van der Waals surface area (Å²) < 4.78 is 0. The Bertz CT molecular complexity index is 336. The molecule has 1 heterocycles. The van der Waals surface area contributed by atoms with Gasteiger partial charge in [0.15, 0.2) is 0 Å². The largest absolute Gasteiger partial charge is 0.325 e. The molecule has 3 heteroatoms. The number of hydrogen-bond donors (Lipinski definition) is 1. The highest BCUT2D eigenvalue weighted by atomic mass is 16.2. The molecule has 0 radical (unpaired) electrons. The zero-order chi connectivity index (χ0) is 14.1. The van der Waals surface area contributed by atoms with E-state index in [9.17, 15) is 4.79 Å². The van der Waals surface area contributed by atoms with Crippen molar-refractivity contribution in [2.45, 2.75) is 84.3 Å². The first-order chi connectivity index (χ1) is 9.00. The second kappa shape index (κ2) is 5.43. The van der Waals surface area contributed by atoms with E-state index >= 15 is 0 Å². The van der Waals surface area contributed by atoms with Gasteiger partial charge in [-0.1, -0.05) is 33.6 Å². The van der Waals surface area contributed by atoms with Crippen molar-refractivity contribution in [3.8, 4) is 0 Å². The first-order valence-electron chi connectivity index (χ1n) is 8.09. The molecule has 3 nitrogen and oxygen atoms in total. The minimum atomic E-state index is -0.339. The minimum absolute atomic E-state index is 0.237. The summed E-state index contributed by atoms with van der Waals surface area (Å²) in [5.41, 5.74) is 0.0535. The monoisotopic (exact) mass is 266 g/mol. The zero-order valence-corrected chi connectivity index (χ0v) is 13.1. The Balaban J connectivity index is 2.15. The van der Waals surface area contributed by atoms with Gasteiger partial charge in [-0.3, -0.25) is 10.1 Å². The highest BCUT2D eigenvalue weighted by Crippen LogP contribution is 2.43. The number of hydrogen-bond acceptors (Lipinski definition) is 2. The molecule has 0 bridgehead atoms. The average Bonchev–Trinajstić information content (AvgIpc) is 2.98. The van der Waals surface area contributed by atoms with Gasteiger partial charge in [0.05, 0.1) is 11.7 Å². The van der Waals surface area contributed by atoms with Gasteiger partial charge in [0.2, 0.25) is 5.91 Å². The maximum Gasteiger partial charge on any atom is 0.243 e. The van der Waals surface area contributed by atoms with Crippen LogP contribution in [-0.4, -0.2) is 29.1 Å². The Labute approximate surface area is 118 Å². The number of carbonyl (C=O) groups excluding carboxylic acids is 1. The van der Waals surface area contributed by atoms with Crippen molar-refractivity contribution in [3.63, 3.8) is 0 Å². The molecule has 1 amide bonds. The smallest absolute Gasteiger partial charge is 0.243 e. The highest BCUT2D eigenvalue weighted by molar-refractivity contribution is 5.88. The van der Waals surface area contributed by atoms with Gasteiger partial charge in [0.1, 0.15) is 0 Å². The first kappa shape index (κ1) is 14.8. The summed E-state index contributed by atoms with van der Waals surface area (Å²) in [6.07, 6.45) is 8.59. The van der Waals surface area contributed by atoms with E-state index in [1.165, 1.54) is 32.1 Å². The summed E-state index contributed by atoms with van der Waals surface area (Å²) >= 11 is 0. The lowest BCUT2D eigenvalue weighted by atomic mass is 9.82. The van der Waals surface area contributed by atoms with Crippen molar-refractivity contribution < 1.29 is 4.79 Å². The van der Waals surface area contributed by atoms with Crippen molar-refractivity contribution in [1.29, 1.82) is 0 Å². The molecule has 1 aliphatic carbocycles.